The molecular weight excluding hydrogens is 276 g/mol. The summed E-state index contributed by atoms with van der Waals surface area (Å²) >= 11 is 0. The molecule has 0 N–H and O–H groups in total. The Labute approximate surface area is 119 Å². The first-order valence-electron chi connectivity index (χ1n) is 6.48. The van der Waals surface area contributed by atoms with Gasteiger partial charge < -0.3 is 0 Å². The van der Waals surface area contributed by atoms with Crippen LogP contribution in [-0.2, 0) is 20.8 Å². The summed E-state index contributed by atoms with van der Waals surface area (Å²) in [5.41, 5.74) is 1.17. The molecule has 5 nitrogen and oxygen atoms in total. The molecule has 1 aromatic carbocycles. The van der Waals surface area contributed by atoms with Gasteiger partial charge in [-0.05, 0) is 5.56 Å². The zero-order chi connectivity index (χ0) is 14.6. The van der Waals surface area contributed by atoms with Crippen LogP contribution in [0.15, 0.2) is 30.3 Å². The van der Waals surface area contributed by atoms with Crippen LogP contribution >= 0.6 is 0 Å². The second-order valence-electron chi connectivity index (χ2n) is 5.07. The second kappa shape index (κ2) is 6.35. The van der Waals surface area contributed by atoms with Crippen LogP contribution in [0.4, 0.5) is 0 Å². The van der Waals surface area contributed by atoms with Crippen LogP contribution in [0.3, 0.4) is 0 Å². The van der Waals surface area contributed by atoms with Crippen molar-refractivity contribution in [3.8, 4) is 6.07 Å². The maximum atomic E-state index is 11.5. The number of nitrogens with zero attached hydrogens (tertiary/aromatic N) is 2. The molecule has 0 radical (unpaired) electrons. The molecule has 20 heavy (non-hydrogen) atoms. The number of rotatable bonds is 5. The molecule has 2 rings (SSSR count). The average molecular weight is 294 g/mol. The van der Waals surface area contributed by atoms with Gasteiger partial charge in [0.1, 0.15) is 0 Å². The van der Waals surface area contributed by atoms with Crippen LogP contribution < -0.4 is 0 Å². The lowest BCUT2D eigenvalue weighted by molar-refractivity contribution is 0.317. The third-order valence-corrected chi connectivity index (χ3v) is 4.95. The summed E-state index contributed by atoms with van der Waals surface area (Å²) in [5.74, 6) is -0.537. The molecular formula is C14H18N2O3S. The Kier molecular flexibility index (Phi) is 4.76. The molecule has 0 bridgehead atoms. The Morgan fingerprint density at radius 2 is 2.05 bits per heavy atom. The fraction of sp³-hybridized carbons (Fsp3) is 0.500. The van der Waals surface area contributed by atoms with E-state index < -0.39 is 10.1 Å². The van der Waals surface area contributed by atoms with Gasteiger partial charge in [0.15, 0.2) is 0 Å². The van der Waals surface area contributed by atoms with Crippen molar-refractivity contribution >= 4 is 10.1 Å². The molecule has 0 amide bonds. The lowest BCUT2D eigenvalue weighted by Gasteiger charge is -2.15. The Hall–Kier alpha value is -1.42. The zero-order valence-electron chi connectivity index (χ0n) is 11.4. The van der Waals surface area contributed by atoms with Crippen LogP contribution in [-0.4, -0.2) is 39.3 Å². The van der Waals surface area contributed by atoms with E-state index in [1.165, 1.54) is 5.56 Å². The molecule has 0 aliphatic carbocycles. The van der Waals surface area contributed by atoms with Crippen LogP contribution in [0.5, 0.6) is 0 Å². The van der Waals surface area contributed by atoms with Gasteiger partial charge >= 0.3 is 0 Å². The first-order chi connectivity index (χ1) is 9.54. The largest absolute Gasteiger partial charge is 0.297 e. The quantitative estimate of drug-likeness (QED) is 0.764. The minimum atomic E-state index is -3.52. The predicted octanol–water partition coefficient (Wildman–Crippen LogP) is 1.23. The van der Waals surface area contributed by atoms with E-state index in [-0.39, 0.29) is 17.6 Å². The second-order valence-corrected chi connectivity index (χ2v) is 6.85. The SMILES string of the molecule is COS(=O)(=O)CC1CN(Cc2ccccc2)CC1C#N. The van der Waals surface area contributed by atoms with E-state index in [1.807, 2.05) is 30.3 Å². The minimum Gasteiger partial charge on any atom is -0.297 e. The molecule has 1 heterocycles. The molecule has 6 heteroatoms. The molecule has 0 saturated carbocycles. The van der Waals surface area contributed by atoms with Crippen molar-refractivity contribution in [2.24, 2.45) is 11.8 Å². The third kappa shape index (κ3) is 3.79. The highest BCUT2D eigenvalue weighted by atomic mass is 32.2. The molecule has 1 saturated heterocycles. The van der Waals surface area contributed by atoms with E-state index >= 15 is 0 Å². The molecule has 2 atom stereocenters. The van der Waals surface area contributed by atoms with Gasteiger partial charge in [-0.2, -0.15) is 13.7 Å². The van der Waals surface area contributed by atoms with Crippen LogP contribution in [0.25, 0.3) is 0 Å². The molecule has 1 fully saturated rings. The number of hydrogen-bond acceptors (Lipinski definition) is 5. The Bertz CT molecular complexity index is 580. The number of hydrogen-bond donors (Lipinski definition) is 0. The number of nitriles is 1. The van der Waals surface area contributed by atoms with Crippen molar-refractivity contribution in [3.05, 3.63) is 35.9 Å². The Balaban J connectivity index is 2.01. The molecule has 1 aromatic rings. The van der Waals surface area contributed by atoms with Crippen LogP contribution in [0, 0.1) is 23.2 Å². The van der Waals surface area contributed by atoms with Crippen molar-refractivity contribution in [2.75, 3.05) is 26.0 Å². The minimum absolute atomic E-state index is 0.0903. The summed E-state index contributed by atoms with van der Waals surface area (Å²) in [7, 11) is -2.36. The van der Waals surface area contributed by atoms with E-state index in [0.29, 0.717) is 13.1 Å². The van der Waals surface area contributed by atoms with Crippen molar-refractivity contribution in [1.29, 1.82) is 5.26 Å². The fourth-order valence-corrected chi connectivity index (χ4v) is 3.57. The van der Waals surface area contributed by atoms with E-state index in [0.717, 1.165) is 13.7 Å². The molecule has 108 valence electrons. The molecule has 1 aliphatic rings. The summed E-state index contributed by atoms with van der Waals surface area (Å²) in [6.07, 6.45) is 0. The van der Waals surface area contributed by atoms with Crippen LogP contribution in [0.1, 0.15) is 5.56 Å². The third-order valence-electron chi connectivity index (χ3n) is 3.60. The van der Waals surface area contributed by atoms with Gasteiger partial charge in [0.2, 0.25) is 0 Å². The summed E-state index contributed by atoms with van der Waals surface area (Å²) in [4.78, 5) is 2.12. The van der Waals surface area contributed by atoms with Crippen LogP contribution in [0.2, 0.25) is 0 Å². The standard InChI is InChI=1S/C14H18N2O3S/c1-19-20(17,18)11-14-10-16(9-13(14)7-15)8-12-5-3-2-4-6-12/h2-6,13-14H,8-11H2,1H3. The van der Waals surface area contributed by atoms with E-state index in [4.69, 9.17) is 0 Å². The van der Waals surface area contributed by atoms with Gasteiger partial charge in [-0.25, -0.2) is 0 Å². The monoisotopic (exact) mass is 294 g/mol. The van der Waals surface area contributed by atoms with Gasteiger partial charge in [-0.1, -0.05) is 30.3 Å². The Morgan fingerprint density at radius 1 is 1.35 bits per heavy atom. The van der Waals surface area contributed by atoms with Gasteiger partial charge in [0.05, 0.1) is 24.8 Å². The predicted molar refractivity (Wildman–Crippen MR) is 75.1 cm³/mol. The summed E-state index contributed by atoms with van der Waals surface area (Å²) in [5, 5.41) is 9.18. The Morgan fingerprint density at radius 3 is 2.65 bits per heavy atom. The van der Waals surface area contributed by atoms with Crippen molar-refractivity contribution in [1.82, 2.24) is 4.90 Å². The fourth-order valence-electron chi connectivity index (χ4n) is 2.58. The smallest absolute Gasteiger partial charge is 0.267 e. The van der Waals surface area contributed by atoms with Gasteiger partial charge in [-0.3, -0.25) is 9.08 Å². The summed E-state index contributed by atoms with van der Waals surface area (Å²) in [6.45, 7) is 1.95. The number of likely N-dealkylation sites (tertiary alicyclic amines) is 1. The van der Waals surface area contributed by atoms with Gasteiger partial charge in [-0.15, -0.1) is 0 Å². The van der Waals surface area contributed by atoms with E-state index in [1.54, 1.807) is 0 Å². The first kappa shape index (κ1) is 15.0. The van der Waals surface area contributed by atoms with Crippen molar-refractivity contribution in [3.63, 3.8) is 0 Å². The summed E-state index contributed by atoms with van der Waals surface area (Å²) < 4.78 is 27.6. The van der Waals surface area contributed by atoms with Gasteiger partial charge in [0.25, 0.3) is 10.1 Å². The van der Waals surface area contributed by atoms with Crippen molar-refractivity contribution in [2.45, 2.75) is 6.54 Å². The average Bonchev–Trinajstić information content (AvgIpc) is 2.81. The topological polar surface area (TPSA) is 70.4 Å². The molecule has 0 spiro atoms. The summed E-state index contributed by atoms with van der Waals surface area (Å²) in [6, 6.07) is 12.2. The molecule has 1 aliphatic heterocycles. The maximum absolute atomic E-state index is 11.5. The lowest BCUT2D eigenvalue weighted by atomic mass is 10.0. The molecule has 2 unspecified atom stereocenters. The number of benzene rings is 1. The maximum Gasteiger partial charge on any atom is 0.267 e. The van der Waals surface area contributed by atoms with Gasteiger partial charge in [0, 0.05) is 25.6 Å². The highest BCUT2D eigenvalue weighted by Crippen LogP contribution is 2.26. The highest BCUT2D eigenvalue weighted by molar-refractivity contribution is 7.86. The van der Waals surface area contributed by atoms with E-state index in [2.05, 4.69) is 15.2 Å². The van der Waals surface area contributed by atoms with E-state index in [9.17, 15) is 13.7 Å². The highest BCUT2D eigenvalue weighted by Gasteiger charge is 2.35. The molecule has 0 aromatic heterocycles. The zero-order valence-corrected chi connectivity index (χ0v) is 12.2. The van der Waals surface area contributed by atoms with Crippen molar-refractivity contribution < 1.29 is 12.6 Å². The first-order valence-corrected chi connectivity index (χ1v) is 8.06. The lowest BCUT2D eigenvalue weighted by Crippen LogP contribution is -2.24. The normalized spacial score (nSPS) is 23.6.